The summed E-state index contributed by atoms with van der Waals surface area (Å²) in [7, 11) is 0. The molecule has 0 N–H and O–H groups in total. The van der Waals surface area contributed by atoms with E-state index in [0.29, 0.717) is 28.8 Å². The second-order valence-corrected chi connectivity index (χ2v) is 14.2. The molecule has 13 heteroatoms. The normalized spacial score (nSPS) is 21.3. The highest BCUT2D eigenvalue weighted by Gasteiger charge is 2.45. The fourth-order valence-electron chi connectivity index (χ4n) is 6.87. The van der Waals surface area contributed by atoms with E-state index in [0.717, 1.165) is 63.1 Å². The van der Waals surface area contributed by atoms with Crippen LogP contribution in [0.4, 0.5) is 17.1 Å². The monoisotopic (exact) mass is 735 g/mol. The van der Waals surface area contributed by atoms with E-state index in [2.05, 4.69) is 73.0 Å². The van der Waals surface area contributed by atoms with Gasteiger partial charge in [0.15, 0.2) is 5.11 Å². The van der Waals surface area contributed by atoms with Gasteiger partial charge in [0, 0.05) is 73.5 Å². The van der Waals surface area contributed by atoms with E-state index in [1.165, 1.54) is 36.2 Å². The summed E-state index contributed by atoms with van der Waals surface area (Å²) in [6.07, 6.45) is 6.28. The number of ether oxygens (including phenoxy) is 3. The quantitative estimate of drug-likeness (QED) is 0.144. The average Bonchev–Trinajstić information content (AvgIpc) is 3.81. The highest BCUT2D eigenvalue weighted by molar-refractivity contribution is 7.80. The van der Waals surface area contributed by atoms with Gasteiger partial charge in [0.1, 0.15) is 37.7 Å². The maximum absolute atomic E-state index is 6.60. The molecule has 3 aromatic carbocycles. The lowest BCUT2D eigenvalue weighted by atomic mass is 10.1. The first-order valence-corrected chi connectivity index (χ1v) is 18.6. The van der Waals surface area contributed by atoms with E-state index < -0.39 is 5.79 Å². The molecule has 2 atom stereocenters. The van der Waals surface area contributed by atoms with Crippen molar-refractivity contribution in [1.82, 2.24) is 19.7 Å². The minimum atomic E-state index is -1.14. The van der Waals surface area contributed by atoms with E-state index in [1.54, 1.807) is 23.1 Å². The van der Waals surface area contributed by atoms with Crippen LogP contribution in [0.15, 0.2) is 79.4 Å². The SMILES string of the molecule is CCCCN1CCCN(c2ccc(N3CCN(c4ccc(OCC5COC(Cn6cncn6)(c6ccc(Cl)cc6Cl)O5)cc4)CC3)cc2)C1=S. The minimum Gasteiger partial charge on any atom is -0.491 e. The summed E-state index contributed by atoms with van der Waals surface area (Å²) in [5.41, 5.74) is 4.30. The van der Waals surface area contributed by atoms with E-state index in [9.17, 15) is 0 Å². The first-order valence-electron chi connectivity index (χ1n) is 17.4. The van der Waals surface area contributed by atoms with Crippen molar-refractivity contribution < 1.29 is 14.2 Å². The van der Waals surface area contributed by atoms with E-state index >= 15 is 0 Å². The Morgan fingerprint density at radius 3 is 2.26 bits per heavy atom. The summed E-state index contributed by atoms with van der Waals surface area (Å²) in [5.74, 6) is -0.371. The van der Waals surface area contributed by atoms with Crippen LogP contribution < -0.4 is 19.4 Å². The third-order valence-corrected chi connectivity index (χ3v) is 10.6. The molecular weight excluding hydrogens is 693 g/mol. The molecule has 3 aliphatic rings. The van der Waals surface area contributed by atoms with Crippen LogP contribution in [0.2, 0.25) is 10.0 Å². The van der Waals surface area contributed by atoms with Crippen LogP contribution in [0.5, 0.6) is 5.75 Å². The molecule has 264 valence electrons. The average molecular weight is 737 g/mol. The highest BCUT2D eigenvalue weighted by Crippen LogP contribution is 2.40. The zero-order valence-corrected chi connectivity index (χ0v) is 30.6. The van der Waals surface area contributed by atoms with Gasteiger partial charge in [0.25, 0.3) is 0 Å². The topological polar surface area (TPSA) is 71.4 Å². The Morgan fingerprint density at radius 2 is 1.60 bits per heavy atom. The first-order chi connectivity index (χ1) is 24.4. The number of halogens is 2. The zero-order valence-electron chi connectivity index (χ0n) is 28.3. The molecule has 0 spiro atoms. The van der Waals surface area contributed by atoms with Gasteiger partial charge in [-0.1, -0.05) is 42.6 Å². The Labute approximate surface area is 309 Å². The number of unbranched alkanes of at least 4 members (excludes halogenated alkanes) is 1. The van der Waals surface area contributed by atoms with Gasteiger partial charge in [-0.05, 0) is 85.7 Å². The first kappa shape index (κ1) is 34.8. The van der Waals surface area contributed by atoms with Gasteiger partial charge in [0.2, 0.25) is 5.79 Å². The lowest BCUT2D eigenvalue weighted by molar-refractivity contribution is -0.190. The second kappa shape index (κ2) is 15.7. The Morgan fingerprint density at radius 1 is 0.900 bits per heavy atom. The lowest BCUT2D eigenvalue weighted by Gasteiger charge is -2.39. The predicted molar refractivity (Wildman–Crippen MR) is 203 cm³/mol. The van der Waals surface area contributed by atoms with Crippen molar-refractivity contribution >= 4 is 57.6 Å². The molecule has 1 aromatic heterocycles. The number of rotatable bonds is 12. The van der Waals surface area contributed by atoms with Crippen molar-refractivity contribution in [2.75, 3.05) is 73.7 Å². The van der Waals surface area contributed by atoms with Crippen LogP contribution in [0.1, 0.15) is 31.7 Å². The highest BCUT2D eigenvalue weighted by atomic mass is 35.5. The van der Waals surface area contributed by atoms with E-state index in [1.807, 2.05) is 18.2 Å². The number of piperazine rings is 1. The summed E-state index contributed by atoms with van der Waals surface area (Å²) >= 11 is 18.6. The molecule has 10 nitrogen and oxygen atoms in total. The third-order valence-electron chi connectivity index (χ3n) is 9.57. The smallest absolute Gasteiger partial charge is 0.217 e. The van der Waals surface area contributed by atoms with Crippen molar-refractivity contribution in [1.29, 1.82) is 0 Å². The molecule has 2 unspecified atom stereocenters. The van der Waals surface area contributed by atoms with Crippen molar-refractivity contribution in [3.63, 3.8) is 0 Å². The van der Waals surface area contributed by atoms with Crippen molar-refractivity contribution in [3.8, 4) is 5.75 Å². The van der Waals surface area contributed by atoms with Crippen LogP contribution in [-0.2, 0) is 21.8 Å². The molecule has 7 rings (SSSR count). The molecule has 3 fully saturated rings. The molecule has 0 bridgehead atoms. The van der Waals surface area contributed by atoms with Crippen LogP contribution in [0.3, 0.4) is 0 Å². The van der Waals surface area contributed by atoms with Crippen molar-refractivity contribution in [2.24, 2.45) is 0 Å². The Balaban J connectivity index is 0.906. The maximum atomic E-state index is 6.60. The van der Waals surface area contributed by atoms with Crippen molar-refractivity contribution in [3.05, 3.63) is 95.0 Å². The lowest BCUT2D eigenvalue weighted by Crippen LogP contribution is -2.49. The van der Waals surface area contributed by atoms with E-state index in [-0.39, 0.29) is 12.6 Å². The van der Waals surface area contributed by atoms with Gasteiger partial charge in [-0.3, -0.25) is 0 Å². The molecule has 3 aliphatic heterocycles. The van der Waals surface area contributed by atoms with Crippen LogP contribution in [0, 0.1) is 0 Å². The third kappa shape index (κ3) is 7.82. The minimum absolute atomic E-state index is 0.281. The van der Waals surface area contributed by atoms with Crippen LogP contribution >= 0.6 is 35.4 Å². The van der Waals surface area contributed by atoms with Gasteiger partial charge >= 0.3 is 0 Å². The van der Waals surface area contributed by atoms with Crippen LogP contribution in [0.25, 0.3) is 0 Å². The summed E-state index contributed by atoms with van der Waals surface area (Å²) in [6.45, 7) is 10.1. The van der Waals surface area contributed by atoms with Crippen LogP contribution in [-0.4, -0.2) is 89.9 Å². The maximum Gasteiger partial charge on any atom is 0.217 e. The number of hydrogen-bond acceptors (Lipinski definition) is 8. The summed E-state index contributed by atoms with van der Waals surface area (Å²) in [4.78, 5) is 13.6. The summed E-state index contributed by atoms with van der Waals surface area (Å²) < 4.78 is 20.6. The second-order valence-electron chi connectivity index (χ2n) is 12.9. The number of aromatic nitrogens is 3. The number of hydrogen-bond donors (Lipinski definition) is 0. The molecule has 0 aliphatic carbocycles. The molecular formula is C37H43Cl2N7O3S. The molecule has 4 aromatic rings. The largest absolute Gasteiger partial charge is 0.491 e. The molecule has 3 saturated heterocycles. The van der Waals surface area contributed by atoms with Gasteiger partial charge in [-0.25, -0.2) is 9.67 Å². The number of thiocarbonyl (C=S) groups is 1. The fourth-order valence-corrected chi connectivity index (χ4v) is 7.80. The standard InChI is InChI=1S/C37H43Cl2N7O3S/c1-2-3-15-44-16-4-17-46(36(44)50)31-8-6-29(7-9-31)42-18-20-43(21-19-42)30-10-12-32(13-11-30)47-23-33-24-48-37(49-33,25-45-27-40-26-41-45)34-14-5-28(38)22-35(34)39/h5-14,22,26-27,33H,2-4,15-21,23-25H2,1H3. The van der Waals surface area contributed by atoms with Gasteiger partial charge in [-0.2, -0.15) is 5.10 Å². The Kier molecular flexibility index (Phi) is 11.0. The molecule has 50 heavy (non-hydrogen) atoms. The van der Waals surface area contributed by atoms with E-state index in [4.69, 9.17) is 49.6 Å². The molecule has 0 saturated carbocycles. The van der Waals surface area contributed by atoms with Gasteiger partial charge < -0.3 is 33.8 Å². The Hall–Kier alpha value is -3.61. The number of anilines is 3. The molecule has 4 heterocycles. The predicted octanol–water partition coefficient (Wildman–Crippen LogP) is 6.86. The Bertz CT molecular complexity index is 1720. The number of benzene rings is 3. The molecule has 0 radical (unpaired) electrons. The van der Waals surface area contributed by atoms with Crippen molar-refractivity contribution in [2.45, 2.75) is 44.6 Å². The van der Waals surface area contributed by atoms with Gasteiger partial charge in [-0.15, -0.1) is 0 Å². The number of nitrogens with zero attached hydrogens (tertiary/aromatic N) is 7. The van der Waals surface area contributed by atoms with Gasteiger partial charge in [0.05, 0.1) is 11.6 Å². The summed E-state index contributed by atoms with van der Waals surface area (Å²) in [6, 6.07) is 22.5. The summed E-state index contributed by atoms with van der Waals surface area (Å²) in [5, 5.41) is 6.20. The fraction of sp³-hybridized carbons (Fsp3) is 0.432. The molecule has 0 amide bonds. The zero-order chi connectivity index (χ0) is 34.5.